The Morgan fingerprint density at radius 1 is 1.29 bits per heavy atom. The molecule has 0 fully saturated rings. The smallest absolute Gasteiger partial charge is 0.138 e. The van der Waals surface area contributed by atoms with Crippen LogP contribution in [0.4, 0.5) is 0 Å². The summed E-state index contributed by atoms with van der Waals surface area (Å²) in [4.78, 5) is 12.4. The van der Waals surface area contributed by atoms with Crippen LogP contribution in [-0.2, 0) is 17.6 Å². The number of carbonyl (C=O) groups is 1. The van der Waals surface area contributed by atoms with Gasteiger partial charge in [0.05, 0.1) is 11.4 Å². The molecule has 1 aliphatic carbocycles. The second kappa shape index (κ2) is 6.04. The van der Waals surface area contributed by atoms with Gasteiger partial charge in [0.25, 0.3) is 0 Å². The van der Waals surface area contributed by atoms with Crippen molar-refractivity contribution in [2.45, 2.75) is 66.2 Å². The number of hydrogen-bond acceptors (Lipinski definition) is 4. The lowest BCUT2D eigenvalue weighted by atomic mass is 9.71. The van der Waals surface area contributed by atoms with Gasteiger partial charge in [-0.2, -0.15) is 5.10 Å². The van der Waals surface area contributed by atoms with E-state index in [4.69, 9.17) is 5.41 Å². The molecular formula is C17H25N3O. The van der Waals surface area contributed by atoms with E-state index in [0.717, 1.165) is 36.9 Å². The predicted octanol–water partition coefficient (Wildman–Crippen LogP) is 3.43. The first-order chi connectivity index (χ1) is 9.89. The number of fused-ring (bicyclic) bond motifs is 1. The first kappa shape index (κ1) is 15.8. The number of ketones is 1. The van der Waals surface area contributed by atoms with Gasteiger partial charge in [-0.3, -0.25) is 4.79 Å². The van der Waals surface area contributed by atoms with Gasteiger partial charge in [0.15, 0.2) is 0 Å². The molecular weight excluding hydrogens is 262 g/mol. The van der Waals surface area contributed by atoms with Crippen molar-refractivity contribution in [1.82, 2.24) is 10.2 Å². The molecule has 1 aromatic rings. The average molecular weight is 287 g/mol. The summed E-state index contributed by atoms with van der Waals surface area (Å²) in [6, 6.07) is 0. The lowest BCUT2D eigenvalue weighted by Gasteiger charge is -2.32. The summed E-state index contributed by atoms with van der Waals surface area (Å²) in [5.74, 6) is 0.318. The van der Waals surface area contributed by atoms with E-state index in [9.17, 15) is 4.79 Å². The predicted molar refractivity (Wildman–Crippen MR) is 83.9 cm³/mol. The van der Waals surface area contributed by atoms with Crippen LogP contribution in [-0.4, -0.2) is 21.7 Å². The normalized spacial score (nSPS) is 22.1. The third-order valence-corrected chi connectivity index (χ3v) is 4.71. The maximum atomic E-state index is 12.4. The van der Waals surface area contributed by atoms with Gasteiger partial charge in [-0.25, -0.2) is 0 Å². The molecule has 21 heavy (non-hydrogen) atoms. The van der Waals surface area contributed by atoms with E-state index < -0.39 is 0 Å². The molecule has 0 radical (unpaired) electrons. The number of nitrogens with one attached hydrogen (secondary N) is 1. The van der Waals surface area contributed by atoms with E-state index in [2.05, 4.69) is 17.1 Å². The summed E-state index contributed by atoms with van der Waals surface area (Å²) in [5, 5.41) is 16.4. The van der Waals surface area contributed by atoms with Crippen molar-refractivity contribution in [3.63, 3.8) is 0 Å². The maximum Gasteiger partial charge on any atom is 0.138 e. The lowest BCUT2D eigenvalue weighted by Crippen LogP contribution is -2.32. The fraction of sp³-hybridized carbons (Fsp3) is 0.647. The molecule has 4 heteroatoms. The summed E-state index contributed by atoms with van der Waals surface area (Å²) in [6.07, 6.45) is 5.31. The Kier molecular flexibility index (Phi) is 4.55. The van der Waals surface area contributed by atoms with Crippen LogP contribution >= 0.6 is 0 Å². The van der Waals surface area contributed by atoms with Crippen LogP contribution in [0.1, 0.15) is 69.0 Å². The van der Waals surface area contributed by atoms with Gasteiger partial charge in [-0.1, -0.05) is 20.3 Å². The lowest BCUT2D eigenvalue weighted by molar-refractivity contribution is -0.128. The zero-order chi connectivity index (χ0) is 15.6. The number of Topliss-reactive ketones (excluding diaryl/α,β-unsaturated/α-hetero) is 1. The molecule has 0 aliphatic heterocycles. The Morgan fingerprint density at radius 3 is 2.62 bits per heavy atom. The SMILES string of the molecule is CCC(=O)C1(C)CCCCc2c(C)nnc(C(C)=N)c2C1. The van der Waals surface area contributed by atoms with Crippen LogP contribution < -0.4 is 0 Å². The molecule has 1 unspecified atom stereocenters. The van der Waals surface area contributed by atoms with Crippen molar-refractivity contribution in [1.29, 1.82) is 5.41 Å². The minimum atomic E-state index is -0.330. The first-order valence-electron chi connectivity index (χ1n) is 7.83. The highest BCUT2D eigenvalue weighted by atomic mass is 16.1. The van der Waals surface area contributed by atoms with Gasteiger partial charge >= 0.3 is 0 Å². The number of aryl methyl sites for hydroxylation is 1. The molecule has 0 saturated heterocycles. The van der Waals surface area contributed by atoms with Crippen molar-refractivity contribution in [3.05, 3.63) is 22.5 Å². The Bertz CT molecular complexity index is 580. The largest absolute Gasteiger partial charge is 0.303 e. The van der Waals surface area contributed by atoms with Gasteiger partial charge in [0.1, 0.15) is 11.5 Å². The molecule has 0 spiro atoms. The second-order valence-electron chi connectivity index (χ2n) is 6.44. The molecule has 0 bridgehead atoms. The summed E-state index contributed by atoms with van der Waals surface area (Å²) in [6.45, 7) is 7.74. The van der Waals surface area contributed by atoms with Crippen molar-refractivity contribution >= 4 is 11.5 Å². The minimum absolute atomic E-state index is 0.318. The van der Waals surface area contributed by atoms with Gasteiger partial charge < -0.3 is 5.41 Å². The van der Waals surface area contributed by atoms with Crippen LogP contribution in [0.5, 0.6) is 0 Å². The first-order valence-corrected chi connectivity index (χ1v) is 7.83. The van der Waals surface area contributed by atoms with Crippen molar-refractivity contribution in [2.24, 2.45) is 5.41 Å². The molecule has 1 heterocycles. The van der Waals surface area contributed by atoms with Gasteiger partial charge in [-0.15, -0.1) is 5.10 Å². The minimum Gasteiger partial charge on any atom is -0.303 e. The van der Waals surface area contributed by atoms with E-state index in [-0.39, 0.29) is 5.41 Å². The number of aromatic nitrogens is 2. The van der Waals surface area contributed by atoms with E-state index in [1.54, 1.807) is 6.92 Å². The molecule has 1 aliphatic rings. The Hall–Kier alpha value is -1.58. The zero-order valence-electron chi connectivity index (χ0n) is 13.5. The summed E-state index contributed by atoms with van der Waals surface area (Å²) >= 11 is 0. The third-order valence-electron chi connectivity index (χ3n) is 4.71. The fourth-order valence-electron chi connectivity index (χ4n) is 3.39. The monoisotopic (exact) mass is 287 g/mol. The molecule has 0 amide bonds. The number of rotatable bonds is 3. The fourth-order valence-corrected chi connectivity index (χ4v) is 3.39. The van der Waals surface area contributed by atoms with E-state index in [1.165, 1.54) is 5.56 Å². The van der Waals surface area contributed by atoms with Crippen LogP contribution in [0, 0.1) is 17.7 Å². The molecule has 2 rings (SSSR count). The summed E-state index contributed by atoms with van der Waals surface area (Å²) in [5.41, 5.74) is 4.02. The highest BCUT2D eigenvalue weighted by Gasteiger charge is 2.35. The number of carbonyl (C=O) groups excluding carboxylic acids is 1. The topological polar surface area (TPSA) is 66.7 Å². The summed E-state index contributed by atoms with van der Waals surface area (Å²) in [7, 11) is 0. The Morgan fingerprint density at radius 2 is 2.00 bits per heavy atom. The average Bonchev–Trinajstić information content (AvgIpc) is 2.42. The van der Waals surface area contributed by atoms with E-state index >= 15 is 0 Å². The molecule has 4 nitrogen and oxygen atoms in total. The van der Waals surface area contributed by atoms with Crippen LogP contribution in [0.15, 0.2) is 0 Å². The zero-order valence-corrected chi connectivity index (χ0v) is 13.5. The molecule has 0 aromatic carbocycles. The van der Waals surface area contributed by atoms with Crippen LogP contribution in [0.2, 0.25) is 0 Å². The third kappa shape index (κ3) is 3.04. The Balaban J connectivity index is 2.57. The molecule has 0 saturated carbocycles. The van der Waals surface area contributed by atoms with Gasteiger partial charge in [-0.05, 0) is 50.7 Å². The highest BCUT2D eigenvalue weighted by molar-refractivity contribution is 5.96. The molecule has 1 atom stereocenters. The van der Waals surface area contributed by atoms with Gasteiger partial charge in [0, 0.05) is 11.8 Å². The second-order valence-corrected chi connectivity index (χ2v) is 6.44. The Labute approximate surface area is 126 Å². The van der Waals surface area contributed by atoms with E-state index in [1.807, 2.05) is 13.8 Å². The van der Waals surface area contributed by atoms with Crippen molar-refractivity contribution < 1.29 is 4.79 Å². The van der Waals surface area contributed by atoms with Crippen molar-refractivity contribution in [2.75, 3.05) is 0 Å². The number of hydrogen-bond donors (Lipinski definition) is 1. The molecule has 1 aromatic heterocycles. The maximum absolute atomic E-state index is 12.4. The van der Waals surface area contributed by atoms with Crippen molar-refractivity contribution in [3.8, 4) is 0 Å². The standard InChI is InChI=1S/C17H25N3O/c1-5-15(21)17(4)9-7-6-8-13-12(3)19-20-16(11(2)18)14(13)10-17/h18H,5-10H2,1-4H3. The van der Waals surface area contributed by atoms with Gasteiger partial charge in [0.2, 0.25) is 0 Å². The molecule has 1 N–H and O–H groups in total. The van der Waals surface area contributed by atoms with E-state index in [0.29, 0.717) is 30.0 Å². The molecule has 114 valence electrons. The highest BCUT2D eigenvalue weighted by Crippen LogP contribution is 2.36. The van der Waals surface area contributed by atoms with Crippen LogP contribution in [0.25, 0.3) is 0 Å². The summed E-state index contributed by atoms with van der Waals surface area (Å²) < 4.78 is 0. The van der Waals surface area contributed by atoms with Crippen LogP contribution in [0.3, 0.4) is 0 Å². The quantitative estimate of drug-likeness (QED) is 0.866. The number of nitrogens with zero attached hydrogens (tertiary/aromatic N) is 2.